The third kappa shape index (κ3) is 2.92. The second-order valence-electron chi connectivity index (χ2n) is 4.00. The van der Waals surface area contributed by atoms with Crippen LogP contribution in [0.25, 0.3) is 0 Å². The number of carbonyl (C=O) groups is 1. The Morgan fingerprint density at radius 2 is 2.22 bits per heavy atom. The number of aryl methyl sites for hydroxylation is 2. The first-order chi connectivity index (χ1) is 8.56. The van der Waals surface area contributed by atoms with Crippen LogP contribution in [0.2, 0.25) is 0 Å². The molecule has 0 spiro atoms. The fourth-order valence-corrected chi connectivity index (χ4v) is 2.51. The molecule has 3 nitrogen and oxygen atoms in total. The molecule has 5 heteroatoms. The summed E-state index contributed by atoms with van der Waals surface area (Å²) in [6.07, 6.45) is 1.23. The SMILES string of the molecule is Cc1cc(CNC(=O)c2ccc(F)nc2)sc1C. The molecule has 0 aliphatic carbocycles. The number of hydrogen-bond acceptors (Lipinski definition) is 3. The van der Waals surface area contributed by atoms with Crippen molar-refractivity contribution < 1.29 is 9.18 Å². The van der Waals surface area contributed by atoms with E-state index in [9.17, 15) is 9.18 Å². The van der Waals surface area contributed by atoms with Crippen LogP contribution in [0.15, 0.2) is 24.4 Å². The quantitative estimate of drug-likeness (QED) is 0.866. The first kappa shape index (κ1) is 12.7. The lowest BCUT2D eigenvalue weighted by atomic mass is 10.2. The monoisotopic (exact) mass is 264 g/mol. The summed E-state index contributed by atoms with van der Waals surface area (Å²) >= 11 is 1.66. The largest absolute Gasteiger partial charge is 0.347 e. The molecule has 1 N–H and O–H groups in total. The molecule has 2 aromatic rings. The first-order valence-corrected chi connectivity index (χ1v) is 6.33. The molecule has 1 amide bonds. The van der Waals surface area contributed by atoms with Gasteiger partial charge in [-0.1, -0.05) is 0 Å². The minimum absolute atomic E-state index is 0.244. The lowest BCUT2D eigenvalue weighted by molar-refractivity contribution is 0.0951. The number of nitrogens with one attached hydrogen (secondary N) is 1. The van der Waals surface area contributed by atoms with Gasteiger partial charge in [0.25, 0.3) is 5.91 Å². The fraction of sp³-hybridized carbons (Fsp3) is 0.231. The van der Waals surface area contributed by atoms with E-state index in [2.05, 4.69) is 23.3 Å². The van der Waals surface area contributed by atoms with Crippen LogP contribution in [0.3, 0.4) is 0 Å². The number of thiophene rings is 1. The number of halogens is 1. The summed E-state index contributed by atoms with van der Waals surface area (Å²) in [5, 5.41) is 2.78. The summed E-state index contributed by atoms with van der Waals surface area (Å²) < 4.78 is 12.6. The van der Waals surface area contributed by atoms with E-state index >= 15 is 0 Å². The molecule has 0 bridgehead atoms. The molecule has 18 heavy (non-hydrogen) atoms. The number of aromatic nitrogens is 1. The van der Waals surface area contributed by atoms with Crippen LogP contribution in [-0.4, -0.2) is 10.9 Å². The molecule has 0 unspecified atom stereocenters. The van der Waals surface area contributed by atoms with E-state index in [0.29, 0.717) is 12.1 Å². The second-order valence-corrected chi connectivity index (χ2v) is 5.35. The summed E-state index contributed by atoms with van der Waals surface area (Å²) in [7, 11) is 0. The molecular weight excluding hydrogens is 251 g/mol. The predicted molar refractivity (Wildman–Crippen MR) is 69.2 cm³/mol. The molecule has 0 saturated carbocycles. The van der Waals surface area contributed by atoms with E-state index in [-0.39, 0.29) is 5.91 Å². The van der Waals surface area contributed by atoms with Crippen LogP contribution in [0.4, 0.5) is 4.39 Å². The van der Waals surface area contributed by atoms with Crippen LogP contribution in [0, 0.1) is 19.8 Å². The van der Waals surface area contributed by atoms with E-state index in [1.54, 1.807) is 11.3 Å². The summed E-state index contributed by atoms with van der Waals surface area (Å²) in [6, 6.07) is 4.65. The Bertz CT molecular complexity index is 543. The Labute approximate surface area is 109 Å². The van der Waals surface area contributed by atoms with Gasteiger partial charge in [-0.25, -0.2) is 4.98 Å². The zero-order valence-corrected chi connectivity index (χ0v) is 11.0. The normalized spacial score (nSPS) is 10.4. The fourth-order valence-electron chi connectivity index (χ4n) is 1.52. The van der Waals surface area contributed by atoms with Crippen LogP contribution in [-0.2, 0) is 6.54 Å². The highest BCUT2D eigenvalue weighted by Gasteiger charge is 2.07. The highest BCUT2D eigenvalue weighted by atomic mass is 32.1. The Hall–Kier alpha value is -1.75. The maximum atomic E-state index is 12.6. The Morgan fingerprint density at radius 3 is 2.78 bits per heavy atom. The van der Waals surface area contributed by atoms with Crippen LogP contribution in [0.1, 0.15) is 25.7 Å². The molecule has 0 saturated heterocycles. The number of rotatable bonds is 3. The van der Waals surface area contributed by atoms with E-state index in [1.165, 1.54) is 28.8 Å². The number of carbonyl (C=O) groups excluding carboxylic acids is 1. The van der Waals surface area contributed by atoms with Gasteiger partial charge in [0.2, 0.25) is 5.95 Å². The molecule has 0 aromatic carbocycles. The van der Waals surface area contributed by atoms with Crippen molar-refractivity contribution in [1.29, 1.82) is 0 Å². The lowest BCUT2D eigenvalue weighted by Crippen LogP contribution is -2.22. The molecule has 0 aliphatic heterocycles. The third-order valence-corrected chi connectivity index (χ3v) is 3.78. The maximum absolute atomic E-state index is 12.6. The average Bonchev–Trinajstić information content (AvgIpc) is 2.67. The van der Waals surface area contributed by atoms with Gasteiger partial charge in [0.05, 0.1) is 12.1 Å². The van der Waals surface area contributed by atoms with Crippen LogP contribution >= 0.6 is 11.3 Å². The van der Waals surface area contributed by atoms with Crippen molar-refractivity contribution in [2.45, 2.75) is 20.4 Å². The highest BCUT2D eigenvalue weighted by Crippen LogP contribution is 2.20. The number of pyridine rings is 1. The maximum Gasteiger partial charge on any atom is 0.253 e. The van der Waals surface area contributed by atoms with Crippen LogP contribution < -0.4 is 5.32 Å². The molecule has 0 radical (unpaired) electrons. The topological polar surface area (TPSA) is 42.0 Å². The van der Waals surface area contributed by atoms with Crippen molar-refractivity contribution in [3.8, 4) is 0 Å². The van der Waals surface area contributed by atoms with Gasteiger partial charge >= 0.3 is 0 Å². The smallest absolute Gasteiger partial charge is 0.253 e. The van der Waals surface area contributed by atoms with Crippen molar-refractivity contribution >= 4 is 17.2 Å². The number of nitrogens with zero attached hydrogens (tertiary/aromatic N) is 1. The van der Waals surface area contributed by atoms with Crippen molar-refractivity contribution in [2.75, 3.05) is 0 Å². The zero-order valence-electron chi connectivity index (χ0n) is 10.2. The third-order valence-electron chi connectivity index (χ3n) is 2.63. The Kier molecular flexibility index (Phi) is 3.72. The van der Waals surface area contributed by atoms with Crippen molar-refractivity contribution in [3.63, 3.8) is 0 Å². The van der Waals surface area contributed by atoms with E-state index in [0.717, 1.165) is 4.88 Å². The molecule has 0 aliphatic rings. The molecule has 94 valence electrons. The van der Waals surface area contributed by atoms with Gasteiger partial charge in [0, 0.05) is 16.0 Å². The molecular formula is C13H13FN2OS. The first-order valence-electron chi connectivity index (χ1n) is 5.52. The minimum Gasteiger partial charge on any atom is -0.347 e. The van der Waals surface area contributed by atoms with Crippen LogP contribution in [0.5, 0.6) is 0 Å². The summed E-state index contributed by atoms with van der Waals surface area (Å²) in [5.41, 5.74) is 1.59. The molecule has 2 aromatic heterocycles. The van der Waals surface area contributed by atoms with Gasteiger partial charge in [-0.15, -0.1) is 11.3 Å². The summed E-state index contributed by atoms with van der Waals surface area (Å²) in [6.45, 7) is 4.58. The molecule has 0 atom stereocenters. The van der Waals surface area contributed by atoms with E-state index in [4.69, 9.17) is 0 Å². The van der Waals surface area contributed by atoms with Crippen molar-refractivity contribution in [3.05, 3.63) is 51.2 Å². The standard InChI is InChI=1S/C13H13FN2OS/c1-8-5-11(18-9(8)2)7-16-13(17)10-3-4-12(14)15-6-10/h3-6H,7H2,1-2H3,(H,16,17). The predicted octanol–water partition coefficient (Wildman–Crippen LogP) is 2.83. The second kappa shape index (κ2) is 5.27. The summed E-state index contributed by atoms with van der Waals surface area (Å²) in [4.78, 5) is 17.6. The molecule has 2 heterocycles. The highest BCUT2D eigenvalue weighted by molar-refractivity contribution is 7.12. The zero-order chi connectivity index (χ0) is 13.1. The van der Waals surface area contributed by atoms with Crippen molar-refractivity contribution in [1.82, 2.24) is 10.3 Å². The molecule has 0 fully saturated rings. The Balaban J connectivity index is 1.98. The van der Waals surface area contributed by atoms with Gasteiger partial charge in [-0.05, 0) is 37.6 Å². The van der Waals surface area contributed by atoms with E-state index < -0.39 is 5.95 Å². The summed E-state index contributed by atoms with van der Waals surface area (Å²) in [5.74, 6) is -0.831. The van der Waals surface area contributed by atoms with Gasteiger partial charge in [0.1, 0.15) is 0 Å². The molecule has 2 rings (SSSR count). The lowest BCUT2D eigenvalue weighted by Gasteiger charge is -2.02. The van der Waals surface area contributed by atoms with Gasteiger partial charge in [-0.2, -0.15) is 4.39 Å². The van der Waals surface area contributed by atoms with Gasteiger partial charge in [0.15, 0.2) is 0 Å². The van der Waals surface area contributed by atoms with Crippen molar-refractivity contribution in [2.24, 2.45) is 0 Å². The van der Waals surface area contributed by atoms with Gasteiger partial charge < -0.3 is 5.32 Å². The average molecular weight is 264 g/mol. The van der Waals surface area contributed by atoms with Gasteiger partial charge in [-0.3, -0.25) is 4.79 Å². The van der Waals surface area contributed by atoms with E-state index in [1.807, 2.05) is 6.92 Å². The number of amides is 1. The Morgan fingerprint density at radius 1 is 1.44 bits per heavy atom. The number of hydrogen-bond donors (Lipinski definition) is 1. The minimum atomic E-state index is -0.587.